The van der Waals surface area contributed by atoms with Crippen LogP contribution in [0.4, 0.5) is 11.4 Å². The number of anilines is 2. The zero-order valence-electron chi connectivity index (χ0n) is 18.7. The number of carbonyl (C=O) groups is 2. The lowest BCUT2D eigenvalue weighted by Crippen LogP contribution is -2.37. The largest absolute Gasteiger partial charge is 0.491 e. The van der Waals surface area contributed by atoms with Gasteiger partial charge in [0.05, 0.1) is 18.8 Å². The predicted molar refractivity (Wildman–Crippen MR) is 125 cm³/mol. The summed E-state index contributed by atoms with van der Waals surface area (Å²) in [6, 6.07) is 13.8. The quantitative estimate of drug-likeness (QED) is 0.557. The Bertz CT molecular complexity index is 888. The van der Waals surface area contributed by atoms with E-state index in [1.54, 1.807) is 0 Å². The van der Waals surface area contributed by atoms with Crippen LogP contribution < -0.4 is 15.4 Å². The number of para-hydroxylation sites is 3. The highest BCUT2D eigenvalue weighted by Gasteiger charge is 2.30. The average molecular weight is 424 g/mol. The molecule has 1 fully saturated rings. The maximum absolute atomic E-state index is 12.7. The van der Waals surface area contributed by atoms with E-state index in [-0.39, 0.29) is 11.8 Å². The fourth-order valence-electron chi connectivity index (χ4n) is 3.57. The summed E-state index contributed by atoms with van der Waals surface area (Å²) in [5.41, 5.74) is 3.67. The molecule has 31 heavy (non-hydrogen) atoms. The van der Waals surface area contributed by atoms with Crippen LogP contribution in [0.15, 0.2) is 42.5 Å². The summed E-state index contributed by atoms with van der Waals surface area (Å²) >= 11 is 0. The molecule has 2 amide bonds. The fourth-order valence-corrected chi connectivity index (χ4v) is 3.57. The lowest BCUT2D eigenvalue weighted by atomic mass is 10.1. The van der Waals surface area contributed by atoms with E-state index in [0.29, 0.717) is 43.6 Å². The molecule has 2 aromatic carbocycles. The van der Waals surface area contributed by atoms with E-state index in [0.717, 1.165) is 36.1 Å². The van der Waals surface area contributed by atoms with Crippen LogP contribution in [0.25, 0.3) is 0 Å². The smallest absolute Gasteiger partial charge is 0.238 e. The number of hydrogen-bond donors (Lipinski definition) is 2. The molecule has 0 bridgehead atoms. The van der Waals surface area contributed by atoms with E-state index in [1.807, 2.05) is 63.2 Å². The summed E-state index contributed by atoms with van der Waals surface area (Å²) in [6.07, 6.45) is 3.38. The van der Waals surface area contributed by atoms with Crippen molar-refractivity contribution in [1.82, 2.24) is 4.90 Å². The molecule has 2 N–H and O–H groups in total. The summed E-state index contributed by atoms with van der Waals surface area (Å²) < 4.78 is 5.71. The Morgan fingerprint density at radius 3 is 2.39 bits per heavy atom. The molecule has 166 valence electrons. The Morgan fingerprint density at radius 2 is 1.71 bits per heavy atom. The molecular formula is C25H33N3O3. The summed E-state index contributed by atoms with van der Waals surface area (Å²) in [4.78, 5) is 27.3. The topological polar surface area (TPSA) is 70.7 Å². The van der Waals surface area contributed by atoms with Crippen LogP contribution in [0.5, 0.6) is 5.75 Å². The molecule has 2 aromatic rings. The van der Waals surface area contributed by atoms with Crippen molar-refractivity contribution in [2.75, 3.05) is 30.3 Å². The average Bonchev–Trinajstić information content (AvgIpc) is 3.58. The van der Waals surface area contributed by atoms with Crippen LogP contribution >= 0.6 is 0 Å². The highest BCUT2D eigenvalue weighted by Crippen LogP contribution is 2.28. The Balaban J connectivity index is 1.53. The van der Waals surface area contributed by atoms with Gasteiger partial charge in [-0.25, -0.2) is 0 Å². The van der Waals surface area contributed by atoms with Crippen molar-refractivity contribution in [2.24, 2.45) is 0 Å². The van der Waals surface area contributed by atoms with Gasteiger partial charge in [-0.1, -0.05) is 37.3 Å². The first-order valence-corrected chi connectivity index (χ1v) is 11.1. The third-order valence-corrected chi connectivity index (χ3v) is 5.40. The van der Waals surface area contributed by atoms with E-state index >= 15 is 0 Å². The van der Waals surface area contributed by atoms with Crippen molar-refractivity contribution in [2.45, 2.75) is 52.5 Å². The lowest BCUT2D eigenvalue weighted by Gasteiger charge is -2.22. The third kappa shape index (κ3) is 6.82. The minimum Gasteiger partial charge on any atom is -0.491 e. The fraction of sp³-hybridized carbons (Fsp3) is 0.440. The summed E-state index contributed by atoms with van der Waals surface area (Å²) in [5.74, 6) is 0.570. The van der Waals surface area contributed by atoms with Crippen molar-refractivity contribution >= 4 is 23.2 Å². The van der Waals surface area contributed by atoms with Gasteiger partial charge < -0.3 is 15.4 Å². The van der Waals surface area contributed by atoms with E-state index in [1.165, 1.54) is 0 Å². The first-order valence-electron chi connectivity index (χ1n) is 11.1. The van der Waals surface area contributed by atoms with Crippen LogP contribution in [-0.2, 0) is 9.59 Å². The van der Waals surface area contributed by atoms with Crippen molar-refractivity contribution in [3.63, 3.8) is 0 Å². The molecule has 1 aliphatic rings. The number of rotatable bonds is 11. The zero-order chi connectivity index (χ0) is 22.2. The second kappa shape index (κ2) is 11.0. The molecule has 0 heterocycles. The molecule has 1 saturated carbocycles. The predicted octanol–water partition coefficient (Wildman–Crippen LogP) is 4.52. The number of aryl methyl sites for hydroxylation is 2. The molecule has 0 aliphatic heterocycles. The Morgan fingerprint density at radius 1 is 1.00 bits per heavy atom. The third-order valence-electron chi connectivity index (χ3n) is 5.40. The second-order valence-corrected chi connectivity index (χ2v) is 8.16. The summed E-state index contributed by atoms with van der Waals surface area (Å²) in [6.45, 7) is 7.49. The van der Waals surface area contributed by atoms with E-state index < -0.39 is 0 Å². The number of nitrogens with zero attached hydrogens (tertiary/aromatic N) is 1. The molecule has 6 heteroatoms. The van der Waals surface area contributed by atoms with Gasteiger partial charge in [0.1, 0.15) is 5.75 Å². The van der Waals surface area contributed by atoms with E-state index in [4.69, 9.17) is 4.74 Å². The first-order chi connectivity index (χ1) is 15.0. The molecule has 0 unspecified atom stereocenters. The van der Waals surface area contributed by atoms with Crippen molar-refractivity contribution in [3.8, 4) is 5.75 Å². The molecule has 0 spiro atoms. The first kappa shape index (κ1) is 22.8. The Kier molecular flexibility index (Phi) is 8.06. The molecule has 0 saturated heterocycles. The van der Waals surface area contributed by atoms with Gasteiger partial charge >= 0.3 is 0 Å². The molecule has 1 aliphatic carbocycles. The molecule has 6 nitrogen and oxygen atoms in total. The van der Waals surface area contributed by atoms with Crippen LogP contribution in [0.1, 0.15) is 43.7 Å². The minimum atomic E-state index is -0.0756. The summed E-state index contributed by atoms with van der Waals surface area (Å²) in [7, 11) is 0. The van der Waals surface area contributed by atoms with Crippen LogP contribution in [0.3, 0.4) is 0 Å². The summed E-state index contributed by atoms with van der Waals surface area (Å²) in [5, 5.41) is 6.00. The number of carbonyl (C=O) groups excluding carboxylic acids is 2. The van der Waals surface area contributed by atoms with Crippen LogP contribution in [0, 0.1) is 13.8 Å². The van der Waals surface area contributed by atoms with Gasteiger partial charge in [0.15, 0.2) is 0 Å². The maximum Gasteiger partial charge on any atom is 0.238 e. The molecule has 0 radical (unpaired) electrons. The monoisotopic (exact) mass is 423 g/mol. The molecule has 0 aromatic heterocycles. The Labute approximate surface area is 185 Å². The Hall–Kier alpha value is -2.86. The highest BCUT2D eigenvalue weighted by molar-refractivity contribution is 5.94. The van der Waals surface area contributed by atoms with Gasteiger partial charge in [-0.05, 0) is 56.4 Å². The van der Waals surface area contributed by atoms with Gasteiger partial charge in [-0.3, -0.25) is 14.5 Å². The minimum absolute atomic E-state index is 0.0389. The van der Waals surface area contributed by atoms with Crippen molar-refractivity contribution in [3.05, 3.63) is 53.6 Å². The standard InChI is InChI=1S/C25H33N3O3/c1-4-16-31-22-11-6-5-10-21(22)26-23(29)14-15-28(20-12-13-20)17-24(30)27-25-18(2)8-7-9-19(25)3/h5-11,20H,4,12-17H2,1-3H3,(H,26,29)(H,27,30). The van der Waals surface area contributed by atoms with Crippen molar-refractivity contribution < 1.29 is 14.3 Å². The van der Waals surface area contributed by atoms with E-state index in [9.17, 15) is 9.59 Å². The van der Waals surface area contributed by atoms with Gasteiger partial charge in [-0.15, -0.1) is 0 Å². The van der Waals surface area contributed by atoms with Gasteiger partial charge in [-0.2, -0.15) is 0 Å². The lowest BCUT2D eigenvalue weighted by molar-refractivity contribution is -0.119. The number of amides is 2. The molecule has 3 rings (SSSR count). The highest BCUT2D eigenvalue weighted by atomic mass is 16.5. The molecule has 0 atom stereocenters. The van der Waals surface area contributed by atoms with Gasteiger partial charge in [0, 0.05) is 24.7 Å². The van der Waals surface area contributed by atoms with Gasteiger partial charge in [0.2, 0.25) is 11.8 Å². The second-order valence-electron chi connectivity index (χ2n) is 8.16. The van der Waals surface area contributed by atoms with E-state index in [2.05, 4.69) is 15.5 Å². The van der Waals surface area contributed by atoms with Crippen LogP contribution in [-0.4, -0.2) is 42.5 Å². The number of benzene rings is 2. The SMILES string of the molecule is CCCOc1ccccc1NC(=O)CCN(CC(=O)Nc1c(C)cccc1C)C1CC1. The van der Waals surface area contributed by atoms with Crippen LogP contribution in [0.2, 0.25) is 0 Å². The number of ether oxygens (including phenoxy) is 1. The van der Waals surface area contributed by atoms with Crippen molar-refractivity contribution in [1.29, 1.82) is 0 Å². The molecular weight excluding hydrogens is 390 g/mol. The zero-order valence-corrected chi connectivity index (χ0v) is 18.7. The maximum atomic E-state index is 12.7. The van der Waals surface area contributed by atoms with Gasteiger partial charge in [0.25, 0.3) is 0 Å². The number of nitrogens with one attached hydrogen (secondary N) is 2. The number of hydrogen-bond acceptors (Lipinski definition) is 4. The normalized spacial score (nSPS) is 13.2.